The average Bonchev–Trinajstić information content (AvgIpc) is 2.68. The number of para-hydroxylation sites is 1. The molecule has 0 radical (unpaired) electrons. The summed E-state index contributed by atoms with van der Waals surface area (Å²) >= 11 is 11.5. The van der Waals surface area contributed by atoms with Gasteiger partial charge in [0.2, 0.25) is 11.8 Å². The van der Waals surface area contributed by atoms with Crippen molar-refractivity contribution in [2.45, 2.75) is 13.0 Å². The van der Waals surface area contributed by atoms with Crippen molar-refractivity contribution in [1.29, 1.82) is 0 Å². The largest absolute Gasteiger partial charge is 0.461 e. The molecule has 2 rings (SSSR count). The van der Waals surface area contributed by atoms with Crippen LogP contribution in [0.4, 0.5) is 15.8 Å². The number of nitrogen functional groups attached to an aromatic ring is 1. The molecule has 144 valence electrons. The quantitative estimate of drug-likeness (QED) is 0.575. The smallest absolute Gasteiger partial charge is 0.347 e. The molecule has 1 amide bonds. The summed E-state index contributed by atoms with van der Waals surface area (Å²) in [7, 11) is 1.55. The molecule has 0 saturated carbocycles. The van der Waals surface area contributed by atoms with Gasteiger partial charge in [-0.05, 0) is 19.1 Å². The van der Waals surface area contributed by atoms with Crippen LogP contribution in [0.5, 0.6) is 5.88 Å². The van der Waals surface area contributed by atoms with Gasteiger partial charge in [-0.25, -0.2) is 4.79 Å². The lowest BCUT2D eigenvalue weighted by Gasteiger charge is -2.18. The van der Waals surface area contributed by atoms with E-state index in [2.05, 4.69) is 4.98 Å². The number of pyridine rings is 1. The second-order valence-electron chi connectivity index (χ2n) is 5.41. The Morgan fingerprint density at radius 1 is 1.26 bits per heavy atom. The van der Waals surface area contributed by atoms with Crippen LogP contribution in [0.15, 0.2) is 30.3 Å². The van der Waals surface area contributed by atoms with Crippen LogP contribution in [0.2, 0.25) is 10.0 Å². The van der Waals surface area contributed by atoms with E-state index in [9.17, 15) is 14.0 Å². The lowest BCUT2D eigenvalue weighted by molar-refractivity contribution is -0.154. The molecule has 0 aliphatic heterocycles. The number of aromatic nitrogens is 1. The standard InChI is InChI=1S/C17H16Cl2FN3O4/c1-9(27-16-13(19)14(21)12(18)15(20)22-16)17(25)26-8-11(24)23(2)10-6-4-3-5-7-10/h3-7,9H,8H2,1-2H3,(H2,21,22)/t9-/m1/s1. The maximum Gasteiger partial charge on any atom is 0.347 e. The first-order valence-electron chi connectivity index (χ1n) is 7.67. The van der Waals surface area contributed by atoms with Crippen LogP contribution in [0, 0.1) is 5.95 Å². The van der Waals surface area contributed by atoms with Crippen LogP contribution in [0.25, 0.3) is 0 Å². The van der Waals surface area contributed by atoms with Gasteiger partial charge in [0.25, 0.3) is 5.91 Å². The molecule has 10 heteroatoms. The van der Waals surface area contributed by atoms with Crippen molar-refractivity contribution in [3.63, 3.8) is 0 Å². The lowest BCUT2D eigenvalue weighted by atomic mass is 10.3. The first-order chi connectivity index (χ1) is 12.7. The van der Waals surface area contributed by atoms with Gasteiger partial charge >= 0.3 is 5.97 Å². The third kappa shape index (κ3) is 4.99. The molecule has 1 atom stereocenters. The Kier molecular flexibility index (Phi) is 6.81. The zero-order chi connectivity index (χ0) is 20.1. The predicted molar refractivity (Wildman–Crippen MR) is 99.5 cm³/mol. The zero-order valence-corrected chi connectivity index (χ0v) is 15.9. The number of halogens is 3. The van der Waals surface area contributed by atoms with E-state index in [0.717, 1.165) is 0 Å². The summed E-state index contributed by atoms with van der Waals surface area (Å²) in [6, 6.07) is 8.83. The number of carbonyl (C=O) groups excluding carboxylic acids is 2. The van der Waals surface area contributed by atoms with Crippen LogP contribution in [0.3, 0.4) is 0 Å². The van der Waals surface area contributed by atoms with Crippen LogP contribution < -0.4 is 15.4 Å². The van der Waals surface area contributed by atoms with E-state index < -0.39 is 41.4 Å². The minimum atomic E-state index is -1.22. The fraction of sp³-hybridized carbons (Fsp3) is 0.235. The van der Waals surface area contributed by atoms with Crippen molar-refractivity contribution in [1.82, 2.24) is 4.98 Å². The molecule has 0 spiro atoms. The normalized spacial score (nSPS) is 11.6. The van der Waals surface area contributed by atoms with Crippen LogP contribution in [0.1, 0.15) is 6.92 Å². The molecule has 0 aliphatic rings. The summed E-state index contributed by atoms with van der Waals surface area (Å²) in [5, 5.41) is -0.682. The van der Waals surface area contributed by atoms with Crippen LogP contribution in [-0.4, -0.2) is 36.6 Å². The van der Waals surface area contributed by atoms with Gasteiger partial charge < -0.3 is 20.1 Å². The number of hydrogen-bond acceptors (Lipinski definition) is 6. The van der Waals surface area contributed by atoms with E-state index >= 15 is 0 Å². The van der Waals surface area contributed by atoms with Gasteiger partial charge in [0, 0.05) is 12.7 Å². The van der Waals surface area contributed by atoms with Crippen molar-refractivity contribution < 1.29 is 23.5 Å². The summed E-state index contributed by atoms with van der Waals surface area (Å²) < 4.78 is 23.7. The number of anilines is 2. The predicted octanol–water partition coefficient (Wildman–Crippen LogP) is 3.08. The highest BCUT2D eigenvalue weighted by Gasteiger charge is 2.23. The molecule has 1 heterocycles. The summed E-state index contributed by atoms with van der Waals surface area (Å²) in [6.45, 7) is 0.824. The molecule has 0 bridgehead atoms. The van der Waals surface area contributed by atoms with E-state index in [-0.39, 0.29) is 10.7 Å². The first-order valence-corrected chi connectivity index (χ1v) is 8.42. The molecule has 0 fully saturated rings. The fourth-order valence-electron chi connectivity index (χ4n) is 1.95. The van der Waals surface area contributed by atoms with Crippen molar-refractivity contribution in [2.75, 3.05) is 24.3 Å². The van der Waals surface area contributed by atoms with Gasteiger partial charge in [0.15, 0.2) is 12.7 Å². The number of likely N-dealkylation sites (N-methyl/N-ethyl adjacent to an activating group) is 1. The van der Waals surface area contributed by atoms with Gasteiger partial charge in [-0.3, -0.25) is 4.79 Å². The van der Waals surface area contributed by atoms with E-state index in [0.29, 0.717) is 5.69 Å². The van der Waals surface area contributed by atoms with Crippen LogP contribution in [-0.2, 0) is 14.3 Å². The van der Waals surface area contributed by atoms with Crippen molar-refractivity contribution in [3.05, 3.63) is 46.3 Å². The van der Waals surface area contributed by atoms with Crippen molar-refractivity contribution in [3.8, 4) is 5.88 Å². The third-order valence-corrected chi connectivity index (χ3v) is 4.24. The molecule has 0 saturated heterocycles. The Balaban J connectivity index is 1.95. The number of nitrogens with zero attached hydrogens (tertiary/aromatic N) is 2. The maximum atomic E-state index is 13.5. The molecule has 0 unspecified atom stereocenters. The number of benzene rings is 1. The number of hydrogen-bond donors (Lipinski definition) is 1. The number of amides is 1. The molecule has 7 nitrogen and oxygen atoms in total. The van der Waals surface area contributed by atoms with Gasteiger partial charge in [-0.2, -0.15) is 9.37 Å². The average molecular weight is 416 g/mol. The van der Waals surface area contributed by atoms with Gasteiger partial charge in [-0.1, -0.05) is 41.4 Å². The van der Waals surface area contributed by atoms with Gasteiger partial charge in [-0.15, -0.1) is 0 Å². The van der Waals surface area contributed by atoms with E-state index in [4.69, 9.17) is 38.4 Å². The Morgan fingerprint density at radius 2 is 1.89 bits per heavy atom. The Labute approximate surface area is 164 Å². The second kappa shape index (κ2) is 8.88. The summed E-state index contributed by atoms with van der Waals surface area (Å²) in [5.74, 6) is -2.81. The van der Waals surface area contributed by atoms with E-state index in [1.807, 2.05) is 6.07 Å². The van der Waals surface area contributed by atoms with Crippen molar-refractivity contribution in [2.24, 2.45) is 0 Å². The second-order valence-corrected chi connectivity index (χ2v) is 6.16. The van der Waals surface area contributed by atoms with Gasteiger partial charge in [0.1, 0.15) is 10.0 Å². The number of esters is 1. The Morgan fingerprint density at radius 3 is 2.52 bits per heavy atom. The molecular weight excluding hydrogens is 400 g/mol. The summed E-state index contributed by atoms with van der Waals surface area (Å²) in [4.78, 5) is 28.9. The number of ether oxygens (including phenoxy) is 2. The molecule has 1 aromatic heterocycles. The van der Waals surface area contributed by atoms with Crippen LogP contribution >= 0.6 is 23.2 Å². The Hall–Kier alpha value is -2.58. The van der Waals surface area contributed by atoms with Crippen molar-refractivity contribution >= 4 is 46.5 Å². The zero-order valence-electron chi connectivity index (χ0n) is 14.4. The Bertz CT molecular complexity index is 852. The maximum absolute atomic E-state index is 13.5. The number of rotatable bonds is 6. The van der Waals surface area contributed by atoms with E-state index in [1.165, 1.54) is 11.8 Å². The molecule has 27 heavy (non-hydrogen) atoms. The minimum absolute atomic E-state index is 0.235. The number of nitrogens with two attached hydrogens (primary N) is 1. The molecule has 2 aromatic rings. The molecule has 2 N–H and O–H groups in total. The monoisotopic (exact) mass is 415 g/mol. The lowest BCUT2D eigenvalue weighted by Crippen LogP contribution is -2.34. The minimum Gasteiger partial charge on any atom is -0.461 e. The summed E-state index contributed by atoms with van der Waals surface area (Å²) in [6.07, 6.45) is -1.22. The molecular formula is C17H16Cl2FN3O4. The molecule has 0 aliphatic carbocycles. The highest BCUT2D eigenvalue weighted by molar-refractivity contribution is 6.39. The van der Waals surface area contributed by atoms with Gasteiger partial charge in [0.05, 0.1) is 5.69 Å². The highest BCUT2D eigenvalue weighted by atomic mass is 35.5. The first kappa shape index (κ1) is 20.7. The topological polar surface area (TPSA) is 94.8 Å². The molecule has 1 aromatic carbocycles. The SMILES string of the molecule is C[C@@H](Oc1nc(F)c(Cl)c(N)c1Cl)C(=O)OCC(=O)N(C)c1ccccc1. The third-order valence-electron chi connectivity index (χ3n) is 3.52. The highest BCUT2D eigenvalue weighted by Crippen LogP contribution is 2.35. The fourth-order valence-corrected chi connectivity index (χ4v) is 2.31. The van der Waals surface area contributed by atoms with E-state index in [1.54, 1.807) is 31.3 Å². The number of carbonyl (C=O) groups is 2. The summed E-state index contributed by atoms with van der Waals surface area (Å²) in [5.41, 5.74) is 5.91.